The fourth-order valence-corrected chi connectivity index (χ4v) is 5.95. The number of carbonyl (C=O) groups excluding carboxylic acids is 1. The minimum atomic E-state index is -2.00. The molecule has 3 heterocycles. The van der Waals surface area contributed by atoms with Crippen LogP contribution < -0.4 is 9.80 Å². The van der Waals surface area contributed by atoms with Gasteiger partial charge in [-0.15, -0.1) is 0 Å². The van der Waals surface area contributed by atoms with E-state index in [2.05, 4.69) is 69.7 Å². The van der Waals surface area contributed by atoms with Crippen LogP contribution in [0.2, 0.25) is 23.3 Å². The zero-order chi connectivity index (χ0) is 26.6. The SMILES string of the molecule is C[C@@H]1CN(c2ccc(N3C(=O)C(C)(C)c4c(Cl)nc(CO[Si](C)(C)C(C)(C)C)nc43)cc2)C[C@H](C)O1. The van der Waals surface area contributed by atoms with E-state index in [9.17, 15) is 4.79 Å². The maximum absolute atomic E-state index is 13.6. The van der Waals surface area contributed by atoms with Crippen LogP contribution >= 0.6 is 11.6 Å². The molecule has 1 fully saturated rings. The number of fused-ring (bicyclic) bond motifs is 1. The number of amides is 1. The molecule has 2 aromatic rings. The Bertz CT molecular complexity index is 1140. The van der Waals surface area contributed by atoms with E-state index in [0.29, 0.717) is 22.4 Å². The van der Waals surface area contributed by atoms with Crippen molar-refractivity contribution < 1.29 is 14.0 Å². The first-order chi connectivity index (χ1) is 16.6. The highest BCUT2D eigenvalue weighted by molar-refractivity contribution is 6.74. The second kappa shape index (κ2) is 9.38. The number of aromatic nitrogens is 2. The van der Waals surface area contributed by atoms with Gasteiger partial charge in [0, 0.05) is 24.3 Å². The van der Waals surface area contributed by atoms with Gasteiger partial charge in [-0.25, -0.2) is 9.97 Å². The van der Waals surface area contributed by atoms with E-state index in [-0.39, 0.29) is 29.8 Å². The molecular formula is C27H39ClN4O3Si. The van der Waals surface area contributed by atoms with Gasteiger partial charge in [0.15, 0.2) is 14.1 Å². The lowest BCUT2D eigenvalue weighted by Gasteiger charge is -2.37. The molecule has 2 aliphatic heterocycles. The molecule has 0 saturated carbocycles. The molecule has 0 N–H and O–H groups in total. The number of hydrogen-bond acceptors (Lipinski definition) is 6. The van der Waals surface area contributed by atoms with Crippen molar-refractivity contribution in [3.05, 3.63) is 40.8 Å². The lowest BCUT2D eigenvalue weighted by Crippen LogP contribution is -2.45. The number of nitrogens with zero attached hydrogens (tertiary/aromatic N) is 4. The van der Waals surface area contributed by atoms with Gasteiger partial charge in [-0.05, 0) is 70.1 Å². The highest BCUT2D eigenvalue weighted by Crippen LogP contribution is 2.47. The van der Waals surface area contributed by atoms with Crippen LogP contribution in [-0.4, -0.2) is 49.5 Å². The topological polar surface area (TPSA) is 67.8 Å². The van der Waals surface area contributed by atoms with E-state index in [1.165, 1.54) is 0 Å². The molecular weight excluding hydrogens is 492 g/mol. The Morgan fingerprint density at radius 3 is 2.19 bits per heavy atom. The summed E-state index contributed by atoms with van der Waals surface area (Å²) in [6.45, 7) is 20.8. The number of halogens is 1. The predicted molar refractivity (Wildman–Crippen MR) is 148 cm³/mol. The third kappa shape index (κ3) is 4.93. The largest absolute Gasteiger partial charge is 0.409 e. The van der Waals surface area contributed by atoms with Crippen LogP contribution in [0.5, 0.6) is 0 Å². The Balaban J connectivity index is 1.66. The molecule has 0 unspecified atom stereocenters. The van der Waals surface area contributed by atoms with E-state index < -0.39 is 13.7 Å². The van der Waals surface area contributed by atoms with Crippen molar-refractivity contribution in [2.45, 2.75) is 90.8 Å². The highest BCUT2D eigenvalue weighted by atomic mass is 35.5. The summed E-state index contributed by atoms with van der Waals surface area (Å²) in [4.78, 5) is 27.0. The normalized spacial score (nSPS) is 22.2. The zero-order valence-electron chi connectivity index (χ0n) is 23.0. The summed E-state index contributed by atoms with van der Waals surface area (Å²) in [5.74, 6) is 0.963. The molecule has 0 spiro atoms. The van der Waals surface area contributed by atoms with E-state index in [1.807, 2.05) is 26.0 Å². The van der Waals surface area contributed by atoms with Crippen molar-refractivity contribution in [1.29, 1.82) is 0 Å². The van der Waals surface area contributed by atoms with Crippen molar-refractivity contribution in [3.63, 3.8) is 0 Å². The van der Waals surface area contributed by atoms with Gasteiger partial charge in [0.1, 0.15) is 11.0 Å². The maximum Gasteiger partial charge on any atom is 0.243 e. The second-order valence-electron chi connectivity index (χ2n) is 12.1. The molecule has 1 aromatic heterocycles. The summed E-state index contributed by atoms with van der Waals surface area (Å²) in [7, 11) is -2.00. The lowest BCUT2D eigenvalue weighted by atomic mass is 9.88. The summed E-state index contributed by atoms with van der Waals surface area (Å²) in [6, 6.07) is 8.07. The Morgan fingerprint density at radius 1 is 1.08 bits per heavy atom. The first kappa shape index (κ1) is 27.0. The third-order valence-corrected chi connectivity index (χ3v) is 12.5. The van der Waals surface area contributed by atoms with Gasteiger partial charge in [0.2, 0.25) is 5.91 Å². The maximum atomic E-state index is 13.6. The average molecular weight is 531 g/mol. The molecule has 2 atom stereocenters. The molecule has 2 aliphatic rings. The molecule has 9 heteroatoms. The minimum absolute atomic E-state index is 0.0648. The number of ether oxygens (including phenoxy) is 1. The minimum Gasteiger partial charge on any atom is -0.409 e. The summed E-state index contributed by atoms with van der Waals surface area (Å²) in [5.41, 5.74) is 1.69. The van der Waals surface area contributed by atoms with E-state index >= 15 is 0 Å². The smallest absolute Gasteiger partial charge is 0.243 e. The summed E-state index contributed by atoms with van der Waals surface area (Å²) >= 11 is 6.68. The first-order valence-electron chi connectivity index (χ1n) is 12.7. The quantitative estimate of drug-likeness (QED) is 0.337. The fourth-order valence-electron chi connectivity index (χ4n) is 4.61. The number of rotatable bonds is 5. The number of morpholine rings is 1. The van der Waals surface area contributed by atoms with Crippen LogP contribution in [0, 0.1) is 0 Å². The Kier molecular flexibility index (Phi) is 7.05. The van der Waals surface area contributed by atoms with E-state index in [4.69, 9.17) is 25.7 Å². The number of anilines is 3. The van der Waals surface area contributed by atoms with E-state index in [1.54, 1.807) is 4.90 Å². The molecule has 36 heavy (non-hydrogen) atoms. The molecule has 0 bridgehead atoms. The highest BCUT2D eigenvalue weighted by Gasteiger charge is 2.48. The zero-order valence-corrected chi connectivity index (χ0v) is 24.7. The van der Waals surface area contributed by atoms with Crippen LogP contribution in [-0.2, 0) is 26.0 Å². The molecule has 196 valence electrons. The lowest BCUT2D eigenvalue weighted by molar-refractivity contribution is -0.121. The standard InChI is InChI=1S/C27H39ClN4O3Si/c1-17-14-31(15-18(2)35-17)19-10-12-20(13-11-19)32-24-22(27(6,7)25(32)33)23(28)29-21(30-24)16-34-36(8,9)26(3,4)5/h10-13,17-18H,14-16H2,1-9H3/t17-,18+. The molecule has 4 rings (SSSR count). The van der Waals surface area contributed by atoms with E-state index in [0.717, 1.165) is 24.5 Å². The monoisotopic (exact) mass is 530 g/mol. The van der Waals surface area contributed by atoms with Gasteiger partial charge in [-0.3, -0.25) is 9.69 Å². The molecule has 0 radical (unpaired) electrons. The van der Waals surface area contributed by atoms with Crippen LogP contribution in [0.4, 0.5) is 17.2 Å². The Morgan fingerprint density at radius 2 is 1.64 bits per heavy atom. The van der Waals surface area contributed by atoms with Crippen molar-refractivity contribution in [1.82, 2.24) is 9.97 Å². The van der Waals surface area contributed by atoms with Crippen LogP contribution in [0.25, 0.3) is 0 Å². The number of carbonyl (C=O) groups is 1. The summed E-state index contributed by atoms with van der Waals surface area (Å²) < 4.78 is 12.2. The summed E-state index contributed by atoms with van der Waals surface area (Å²) in [6.07, 6.45) is 0.346. The van der Waals surface area contributed by atoms with Gasteiger partial charge in [-0.2, -0.15) is 0 Å². The number of benzene rings is 1. The Hall–Kier alpha value is -2.00. The van der Waals surface area contributed by atoms with Crippen molar-refractivity contribution in [2.75, 3.05) is 22.9 Å². The van der Waals surface area contributed by atoms with Crippen molar-refractivity contribution >= 4 is 43.0 Å². The van der Waals surface area contributed by atoms with Gasteiger partial charge in [-0.1, -0.05) is 32.4 Å². The summed E-state index contributed by atoms with van der Waals surface area (Å²) in [5, 5.41) is 0.373. The first-order valence-corrected chi connectivity index (χ1v) is 16.0. The van der Waals surface area contributed by atoms with Gasteiger partial charge >= 0.3 is 0 Å². The van der Waals surface area contributed by atoms with Crippen LogP contribution in [0.15, 0.2) is 24.3 Å². The molecule has 1 amide bonds. The molecule has 7 nitrogen and oxygen atoms in total. The van der Waals surface area contributed by atoms with Crippen molar-refractivity contribution in [2.24, 2.45) is 0 Å². The number of hydrogen-bond donors (Lipinski definition) is 0. The van der Waals surface area contributed by atoms with Gasteiger partial charge in [0.05, 0.1) is 29.9 Å². The third-order valence-electron chi connectivity index (χ3n) is 7.73. The second-order valence-corrected chi connectivity index (χ2v) is 17.3. The van der Waals surface area contributed by atoms with Crippen molar-refractivity contribution in [3.8, 4) is 0 Å². The molecule has 1 saturated heterocycles. The van der Waals surface area contributed by atoms with Gasteiger partial charge < -0.3 is 14.1 Å². The average Bonchev–Trinajstić information content (AvgIpc) is 2.96. The fraction of sp³-hybridized carbons (Fsp3) is 0.593. The molecule has 0 aliphatic carbocycles. The van der Waals surface area contributed by atoms with Crippen LogP contribution in [0.3, 0.4) is 0 Å². The molecule has 1 aromatic carbocycles. The van der Waals surface area contributed by atoms with Crippen LogP contribution in [0.1, 0.15) is 59.9 Å². The Labute approximate surface area is 221 Å². The predicted octanol–water partition coefficient (Wildman–Crippen LogP) is 6.22. The van der Waals surface area contributed by atoms with Gasteiger partial charge in [0.25, 0.3) is 0 Å².